The van der Waals surface area contributed by atoms with E-state index in [1.807, 2.05) is 36.3 Å². The summed E-state index contributed by atoms with van der Waals surface area (Å²) in [6.07, 6.45) is 7.43. The number of ketones is 1. The Kier molecular flexibility index (Phi) is 7.08. The van der Waals surface area contributed by atoms with E-state index in [4.69, 9.17) is 14.5 Å². The highest BCUT2D eigenvalue weighted by Gasteiger charge is 2.19. The molecule has 0 spiro atoms. The SMILES string of the molecule is Cn1ncc(-c2cc3cc(CC(=O)c4ccnc(N5CCOCC5)c4)ncc3cn2)c1CN1CCOCC1. The molecule has 0 aromatic carbocycles. The summed E-state index contributed by atoms with van der Waals surface area (Å²) in [5.41, 5.74) is 4.37. The first-order chi connectivity index (χ1) is 18.6. The topological polar surface area (TPSA) is 98.5 Å². The summed E-state index contributed by atoms with van der Waals surface area (Å²) in [6.45, 7) is 7.01. The minimum atomic E-state index is 0.0168. The van der Waals surface area contributed by atoms with Crippen LogP contribution < -0.4 is 4.90 Å². The summed E-state index contributed by atoms with van der Waals surface area (Å²) in [6, 6.07) is 7.69. The fourth-order valence-corrected chi connectivity index (χ4v) is 4.99. The molecule has 6 heterocycles. The fraction of sp³-hybridized carbons (Fsp3) is 0.393. The maximum atomic E-state index is 13.2. The normalized spacial score (nSPS) is 16.7. The van der Waals surface area contributed by atoms with Crippen molar-refractivity contribution >= 4 is 22.4 Å². The second-order valence-corrected chi connectivity index (χ2v) is 9.71. The number of hydrogen-bond acceptors (Lipinski definition) is 9. The lowest BCUT2D eigenvalue weighted by atomic mass is 10.0. The third-order valence-corrected chi connectivity index (χ3v) is 7.22. The van der Waals surface area contributed by atoms with Crippen molar-refractivity contribution < 1.29 is 14.3 Å². The van der Waals surface area contributed by atoms with Gasteiger partial charge in [-0.2, -0.15) is 5.10 Å². The maximum Gasteiger partial charge on any atom is 0.169 e. The van der Waals surface area contributed by atoms with E-state index in [0.29, 0.717) is 18.8 Å². The van der Waals surface area contributed by atoms with Gasteiger partial charge in [0, 0.05) is 80.6 Å². The molecular weight excluding hydrogens is 482 g/mol. The summed E-state index contributed by atoms with van der Waals surface area (Å²) in [7, 11) is 1.97. The zero-order valence-corrected chi connectivity index (χ0v) is 21.5. The van der Waals surface area contributed by atoms with Gasteiger partial charge in [0.05, 0.1) is 50.4 Å². The van der Waals surface area contributed by atoms with Gasteiger partial charge in [-0.15, -0.1) is 0 Å². The van der Waals surface area contributed by atoms with E-state index >= 15 is 0 Å². The third kappa shape index (κ3) is 5.28. The predicted molar refractivity (Wildman–Crippen MR) is 143 cm³/mol. The third-order valence-electron chi connectivity index (χ3n) is 7.22. The van der Waals surface area contributed by atoms with Gasteiger partial charge >= 0.3 is 0 Å². The number of rotatable bonds is 7. The number of Topliss-reactive ketones (excluding diaryl/α,β-unsaturated/α-hetero) is 1. The van der Waals surface area contributed by atoms with E-state index in [2.05, 4.69) is 30.9 Å². The van der Waals surface area contributed by atoms with E-state index < -0.39 is 0 Å². The lowest BCUT2D eigenvalue weighted by molar-refractivity contribution is 0.0332. The molecule has 2 fully saturated rings. The fourth-order valence-electron chi connectivity index (χ4n) is 4.99. The van der Waals surface area contributed by atoms with Crippen molar-refractivity contribution in [3.05, 3.63) is 66.0 Å². The van der Waals surface area contributed by atoms with Crippen LogP contribution in [0.3, 0.4) is 0 Å². The Morgan fingerprint density at radius 1 is 0.895 bits per heavy atom. The molecule has 38 heavy (non-hydrogen) atoms. The second-order valence-electron chi connectivity index (χ2n) is 9.71. The highest BCUT2D eigenvalue weighted by atomic mass is 16.5. The van der Waals surface area contributed by atoms with Crippen LogP contribution in [0.4, 0.5) is 5.82 Å². The molecule has 0 saturated carbocycles. The van der Waals surface area contributed by atoms with Gasteiger partial charge < -0.3 is 14.4 Å². The standard InChI is InChI=1S/C28H31N7O3/c1-33-26(19-34-4-8-37-9-5-34)24(18-32-33)25-13-21-12-23(30-16-22(21)17-31-25)15-27(36)20-2-3-29-28(14-20)35-6-10-38-11-7-35/h2-3,12-14,16-18H,4-11,15,19H2,1H3. The number of aromatic nitrogens is 5. The van der Waals surface area contributed by atoms with Gasteiger partial charge in [0.25, 0.3) is 0 Å². The summed E-state index contributed by atoms with van der Waals surface area (Å²) in [4.78, 5) is 31.4. The first kappa shape index (κ1) is 24.6. The molecule has 4 aromatic heterocycles. The number of carbonyl (C=O) groups excluding carboxylic acids is 1. The molecule has 2 saturated heterocycles. The Bertz CT molecular complexity index is 1440. The van der Waals surface area contributed by atoms with Gasteiger partial charge in [-0.3, -0.25) is 24.3 Å². The smallest absolute Gasteiger partial charge is 0.169 e. The zero-order valence-electron chi connectivity index (χ0n) is 21.5. The summed E-state index contributed by atoms with van der Waals surface area (Å²) < 4.78 is 12.9. The summed E-state index contributed by atoms with van der Waals surface area (Å²) in [5.74, 6) is 0.828. The summed E-state index contributed by atoms with van der Waals surface area (Å²) >= 11 is 0. The van der Waals surface area contributed by atoms with E-state index in [1.54, 1.807) is 18.5 Å². The van der Waals surface area contributed by atoms with Gasteiger partial charge in [-0.1, -0.05) is 0 Å². The Hall–Kier alpha value is -3.73. The quantitative estimate of drug-likeness (QED) is 0.345. The molecule has 2 aliphatic rings. The Balaban J connectivity index is 1.22. The monoisotopic (exact) mass is 513 g/mol. The number of hydrogen-bond donors (Lipinski definition) is 0. The molecule has 0 N–H and O–H groups in total. The van der Waals surface area contributed by atoms with Gasteiger partial charge in [0.1, 0.15) is 5.82 Å². The van der Waals surface area contributed by atoms with Gasteiger partial charge in [-0.25, -0.2) is 4.98 Å². The molecule has 0 atom stereocenters. The lowest BCUT2D eigenvalue weighted by Crippen LogP contribution is -2.36. The van der Waals surface area contributed by atoms with Crippen molar-refractivity contribution in [2.75, 3.05) is 57.5 Å². The van der Waals surface area contributed by atoms with E-state index in [9.17, 15) is 4.79 Å². The minimum Gasteiger partial charge on any atom is -0.379 e. The number of nitrogens with zero attached hydrogens (tertiary/aromatic N) is 7. The zero-order chi connectivity index (χ0) is 25.9. The number of ether oxygens (including phenoxy) is 2. The van der Waals surface area contributed by atoms with Crippen molar-refractivity contribution in [1.29, 1.82) is 0 Å². The van der Waals surface area contributed by atoms with Crippen molar-refractivity contribution in [2.24, 2.45) is 7.05 Å². The number of fused-ring (bicyclic) bond motifs is 1. The highest BCUT2D eigenvalue weighted by molar-refractivity contribution is 5.98. The average Bonchev–Trinajstić information content (AvgIpc) is 3.33. The van der Waals surface area contributed by atoms with Crippen molar-refractivity contribution in [2.45, 2.75) is 13.0 Å². The molecule has 0 aliphatic carbocycles. The van der Waals surface area contributed by atoms with Gasteiger partial charge in [0.2, 0.25) is 0 Å². The molecule has 10 heteroatoms. The number of morpholine rings is 2. The molecule has 0 radical (unpaired) electrons. The van der Waals surface area contributed by atoms with Crippen LogP contribution in [0.5, 0.6) is 0 Å². The van der Waals surface area contributed by atoms with Crippen LogP contribution in [0.15, 0.2) is 49.1 Å². The molecule has 6 rings (SSSR count). The van der Waals surface area contributed by atoms with E-state index in [-0.39, 0.29) is 12.2 Å². The number of aryl methyl sites for hydroxylation is 1. The molecule has 4 aromatic rings. The molecular formula is C28H31N7O3. The number of pyridine rings is 3. The second kappa shape index (κ2) is 10.9. The van der Waals surface area contributed by atoms with E-state index in [1.165, 1.54) is 0 Å². The average molecular weight is 514 g/mol. The Morgan fingerprint density at radius 3 is 2.47 bits per heavy atom. The predicted octanol–water partition coefficient (Wildman–Crippen LogP) is 2.52. The number of anilines is 1. The van der Waals surface area contributed by atoms with Crippen LogP contribution >= 0.6 is 0 Å². The highest BCUT2D eigenvalue weighted by Crippen LogP contribution is 2.26. The first-order valence-corrected chi connectivity index (χ1v) is 13.0. The van der Waals surface area contributed by atoms with Gasteiger partial charge in [0.15, 0.2) is 5.78 Å². The van der Waals surface area contributed by atoms with Crippen LogP contribution in [0, 0.1) is 0 Å². The molecule has 2 aliphatic heterocycles. The maximum absolute atomic E-state index is 13.2. The lowest BCUT2D eigenvalue weighted by Gasteiger charge is -2.27. The van der Waals surface area contributed by atoms with Crippen LogP contribution in [-0.2, 0) is 29.5 Å². The van der Waals surface area contributed by atoms with Gasteiger partial charge in [-0.05, 0) is 29.7 Å². The molecule has 0 bridgehead atoms. The van der Waals surface area contributed by atoms with E-state index in [0.717, 1.165) is 85.2 Å². The van der Waals surface area contributed by atoms with Crippen molar-refractivity contribution in [1.82, 2.24) is 29.6 Å². The molecule has 0 amide bonds. The first-order valence-electron chi connectivity index (χ1n) is 13.0. The minimum absolute atomic E-state index is 0.0168. The van der Waals surface area contributed by atoms with Crippen molar-refractivity contribution in [3.63, 3.8) is 0 Å². The largest absolute Gasteiger partial charge is 0.379 e. The Labute approximate surface area is 221 Å². The Morgan fingerprint density at radius 2 is 1.66 bits per heavy atom. The van der Waals surface area contributed by atoms with Crippen LogP contribution in [0.25, 0.3) is 22.0 Å². The van der Waals surface area contributed by atoms with Crippen LogP contribution in [0.2, 0.25) is 0 Å². The van der Waals surface area contributed by atoms with Crippen LogP contribution in [-0.4, -0.2) is 88.0 Å². The van der Waals surface area contributed by atoms with Crippen molar-refractivity contribution in [3.8, 4) is 11.3 Å². The number of carbonyl (C=O) groups is 1. The molecule has 196 valence electrons. The van der Waals surface area contributed by atoms with Crippen LogP contribution in [0.1, 0.15) is 21.7 Å². The molecule has 10 nitrogen and oxygen atoms in total. The molecule has 0 unspecified atom stereocenters. The summed E-state index contributed by atoms with van der Waals surface area (Å²) in [5, 5.41) is 6.45.